The minimum absolute atomic E-state index is 0.144. The Morgan fingerprint density at radius 3 is 2.41 bits per heavy atom. The van der Waals surface area contributed by atoms with Crippen molar-refractivity contribution in [1.82, 2.24) is 15.6 Å². The van der Waals surface area contributed by atoms with Crippen LogP contribution in [0.4, 0.5) is 0 Å². The van der Waals surface area contributed by atoms with E-state index in [1.165, 1.54) is 11.3 Å². The zero-order valence-corrected chi connectivity index (χ0v) is 17.6. The first kappa shape index (κ1) is 20.8. The van der Waals surface area contributed by atoms with E-state index in [9.17, 15) is 9.59 Å². The molecule has 150 valence electrons. The van der Waals surface area contributed by atoms with Crippen LogP contribution >= 0.6 is 22.9 Å². The summed E-state index contributed by atoms with van der Waals surface area (Å²) in [4.78, 5) is 29.1. The third-order valence-corrected chi connectivity index (χ3v) is 5.50. The van der Waals surface area contributed by atoms with Crippen LogP contribution in [0, 0.1) is 6.92 Å². The molecule has 6 nitrogen and oxygen atoms in total. The molecule has 0 radical (unpaired) electrons. The lowest BCUT2D eigenvalue weighted by atomic mass is 10.1. The fourth-order valence-corrected chi connectivity index (χ4v) is 3.60. The SMILES string of the molecule is CNC(=O)c1ccc(CNC(=O)c2sc(COc3ccc(Cl)cc3)nc2C)cc1. The molecule has 0 aliphatic carbocycles. The largest absolute Gasteiger partial charge is 0.486 e. The van der Waals surface area contributed by atoms with Gasteiger partial charge in [0.15, 0.2) is 0 Å². The molecule has 0 aliphatic rings. The Bertz CT molecular complexity index is 1000. The number of hydrogen-bond donors (Lipinski definition) is 2. The fraction of sp³-hybridized carbons (Fsp3) is 0.190. The Labute approximate surface area is 177 Å². The Balaban J connectivity index is 1.56. The van der Waals surface area contributed by atoms with Crippen LogP contribution in [0.2, 0.25) is 5.02 Å². The van der Waals surface area contributed by atoms with Gasteiger partial charge in [-0.1, -0.05) is 23.7 Å². The third kappa shape index (κ3) is 5.56. The Kier molecular flexibility index (Phi) is 6.85. The zero-order valence-electron chi connectivity index (χ0n) is 16.0. The molecule has 0 bridgehead atoms. The maximum atomic E-state index is 12.5. The number of nitrogens with one attached hydrogen (secondary N) is 2. The highest BCUT2D eigenvalue weighted by Crippen LogP contribution is 2.21. The number of ether oxygens (including phenoxy) is 1. The fourth-order valence-electron chi connectivity index (χ4n) is 2.58. The molecule has 0 fully saturated rings. The highest BCUT2D eigenvalue weighted by atomic mass is 35.5. The van der Waals surface area contributed by atoms with Crippen molar-refractivity contribution in [3.63, 3.8) is 0 Å². The summed E-state index contributed by atoms with van der Waals surface area (Å²) >= 11 is 7.17. The van der Waals surface area contributed by atoms with Crippen molar-refractivity contribution < 1.29 is 14.3 Å². The lowest BCUT2D eigenvalue weighted by Crippen LogP contribution is -2.22. The van der Waals surface area contributed by atoms with Gasteiger partial charge in [-0.15, -0.1) is 11.3 Å². The maximum Gasteiger partial charge on any atom is 0.263 e. The van der Waals surface area contributed by atoms with Gasteiger partial charge in [0, 0.05) is 24.2 Å². The number of halogens is 1. The predicted octanol–water partition coefficient (Wildman–Crippen LogP) is 3.97. The van der Waals surface area contributed by atoms with E-state index in [1.54, 1.807) is 50.4 Å². The van der Waals surface area contributed by atoms with Gasteiger partial charge in [-0.25, -0.2) is 4.98 Å². The van der Waals surface area contributed by atoms with Gasteiger partial charge in [-0.05, 0) is 48.9 Å². The molecule has 0 saturated heterocycles. The average molecular weight is 430 g/mol. The summed E-state index contributed by atoms with van der Waals surface area (Å²) in [6.45, 7) is 2.44. The molecule has 0 aliphatic heterocycles. The number of amides is 2. The number of carbonyl (C=O) groups excluding carboxylic acids is 2. The Morgan fingerprint density at radius 1 is 1.07 bits per heavy atom. The molecular formula is C21H20ClN3O3S. The molecule has 2 aromatic carbocycles. The second-order valence-electron chi connectivity index (χ2n) is 6.22. The number of benzene rings is 2. The minimum atomic E-state index is -0.187. The number of rotatable bonds is 7. The maximum absolute atomic E-state index is 12.5. The van der Waals surface area contributed by atoms with Crippen molar-refractivity contribution in [2.75, 3.05) is 7.05 Å². The Hall–Kier alpha value is -2.90. The normalized spacial score (nSPS) is 10.4. The molecule has 0 unspecified atom stereocenters. The highest BCUT2D eigenvalue weighted by molar-refractivity contribution is 7.13. The predicted molar refractivity (Wildman–Crippen MR) is 114 cm³/mol. The summed E-state index contributed by atoms with van der Waals surface area (Å²) in [5.41, 5.74) is 2.14. The van der Waals surface area contributed by atoms with E-state index in [2.05, 4.69) is 15.6 Å². The lowest BCUT2D eigenvalue weighted by molar-refractivity contribution is 0.0948. The molecule has 1 aromatic heterocycles. The number of thiazole rings is 1. The first-order chi connectivity index (χ1) is 14.0. The quantitative estimate of drug-likeness (QED) is 0.595. The zero-order chi connectivity index (χ0) is 20.8. The van der Waals surface area contributed by atoms with Crippen LogP contribution in [-0.4, -0.2) is 23.8 Å². The highest BCUT2D eigenvalue weighted by Gasteiger charge is 2.15. The van der Waals surface area contributed by atoms with E-state index in [-0.39, 0.29) is 18.4 Å². The minimum Gasteiger partial charge on any atom is -0.486 e. The third-order valence-electron chi connectivity index (χ3n) is 4.12. The number of carbonyl (C=O) groups is 2. The molecule has 2 N–H and O–H groups in total. The monoisotopic (exact) mass is 429 g/mol. The summed E-state index contributed by atoms with van der Waals surface area (Å²) in [5, 5.41) is 6.82. The van der Waals surface area contributed by atoms with Gasteiger partial charge in [0.2, 0.25) is 0 Å². The molecule has 29 heavy (non-hydrogen) atoms. The summed E-state index contributed by atoms with van der Waals surface area (Å²) in [6.07, 6.45) is 0. The number of hydrogen-bond acceptors (Lipinski definition) is 5. The van der Waals surface area contributed by atoms with Gasteiger partial charge in [-0.3, -0.25) is 9.59 Å². The van der Waals surface area contributed by atoms with Crippen LogP contribution in [-0.2, 0) is 13.2 Å². The first-order valence-corrected chi connectivity index (χ1v) is 10.1. The van der Waals surface area contributed by atoms with Crippen LogP contribution in [0.1, 0.15) is 36.3 Å². The van der Waals surface area contributed by atoms with Crippen molar-refractivity contribution in [2.24, 2.45) is 0 Å². The molecule has 8 heteroatoms. The van der Waals surface area contributed by atoms with Gasteiger partial charge < -0.3 is 15.4 Å². The van der Waals surface area contributed by atoms with Crippen molar-refractivity contribution in [2.45, 2.75) is 20.1 Å². The second-order valence-corrected chi connectivity index (χ2v) is 7.74. The summed E-state index contributed by atoms with van der Waals surface area (Å²) in [7, 11) is 1.59. The van der Waals surface area contributed by atoms with Crippen molar-refractivity contribution in [3.8, 4) is 5.75 Å². The number of aromatic nitrogens is 1. The molecule has 0 atom stereocenters. The van der Waals surface area contributed by atoms with E-state index >= 15 is 0 Å². The summed E-state index contributed by atoms with van der Waals surface area (Å²) < 4.78 is 5.69. The average Bonchev–Trinajstić information content (AvgIpc) is 3.12. The molecule has 3 aromatic rings. The number of aryl methyl sites for hydroxylation is 1. The molecule has 0 spiro atoms. The number of nitrogens with zero attached hydrogens (tertiary/aromatic N) is 1. The van der Waals surface area contributed by atoms with Crippen LogP contribution in [0.25, 0.3) is 0 Å². The van der Waals surface area contributed by atoms with E-state index in [1.807, 2.05) is 12.1 Å². The summed E-state index contributed by atoms with van der Waals surface area (Å²) in [6, 6.07) is 14.2. The molecule has 3 rings (SSSR count). The van der Waals surface area contributed by atoms with E-state index in [4.69, 9.17) is 16.3 Å². The molecule has 2 amide bonds. The van der Waals surface area contributed by atoms with E-state index in [0.29, 0.717) is 33.5 Å². The van der Waals surface area contributed by atoms with Gasteiger partial charge in [0.25, 0.3) is 11.8 Å². The lowest BCUT2D eigenvalue weighted by Gasteiger charge is -2.06. The van der Waals surface area contributed by atoms with Crippen molar-refractivity contribution in [1.29, 1.82) is 0 Å². The van der Waals surface area contributed by atoms with Gasteiger partial charge in [0.1, 0.15) is 22.2 Å². The standard InChI is InChI=1S/C21H20ClN3O3S/c1-13-19(29-18(25-13)12-28-17-9-7-16(22)8-10-17)21(27)24-11-14-3-5-15(6-4-14)20(26)23-2/h3-10H,11-12H2,1-2H3,(H,23,26)(H,24,27). The Morgan fingerprint density at radius 2 is 1.76 bits per heavy atom. The van der Waals surface area contributed by atoms with E-state index in [0.717, 1.165) is 10.6 Å². The molecular weight excluding hydrogens is 410 g/mol. The van der Waals surface area contributed by atoms with Gasteiger partial charge in [0.05, 0.1) is 5.69 Å². The topological polar surface area (TPSA) is 80.3 Å². The summed E-state index contributed by atoms with van der Waals surface area (Å²) in [5.74, 6) is 0.357. The molecule has 0 saturated carbocycles. The molecule has 1 heterocycles. The smallest absolute Gasteiger partial charge is 0.263 e. The first-order valence-electron chi connectivity index (χ1n) is 8.90. The van der Waals surface area contributed by atoms with Crippen molar-refractivity contribution >= 4 is 34.8 Å². The van der Waals surface area contributed by atoms with E-state index < -0.39 is 0 Å². The van der Waals surface area contributed by atoms with Gasteiger partial charge >= 0.3 is 0 Å². The van der Waals surface area contributed by atoms with Gasteiger partial charge in [-0.2, -0.15) is 0 Å². The van der Waals surface area contributed by atoms with Crippen LogP contribution in [0.3, 0.4) is 0 Å². The van der Waals surface area contributed by atoms with Crippen LogP contribution in [0.5, 0.6) is 5.75 Å². The van der Waals surface area contributed by atoms with Crippen LogP contribution in [0.15, 0.2) is 48.5 Å². The second kappa shape index (κ2) is 9.54. The van der Waals surface area contributed by atoms with Crippen molar-refractivity contribution in [3.05, 3.63) is 80.3 Å². The van der Waals surface area contributed by atoms with Crippen LogP contribution < -0.4 is 15.4 Å².